The summed E-state index contributed by atoms with van der Waals surface area (Å²) in [6.07, 6.45) is 12.9. The predicted octanol–water partition coefficient (Wildman–Crippen LogP) is 11.4. The highest BCUT2D eigenvalue weighted by atomic mass is 32.2. The Morgan fingerprint density at radius 2 is 1.55 bits per heavy atom. The zero-order valence-electron chi connectivity index (χ0n) is 33.0. The molecule has 0 N–H and O–H groups in total. The van der Waals surface area contributed by atoms with Crippen LogP contribution < -0.4 is 0 Å². The summed E-state index contributed by atoms with van der Waals surface area (Å²) in [5.41, 5.74) is 0. The van der Waals surface area contributed by atoms with Crippen molar-refractivity contribution < 1.29 is 27.9 Å². The molecule has 4 atom stereocenters. The van der Waals surface area contributed by atoms with Crippen LogP contribution in [0, 0.1) is 17.8 Å². The lowest BCUT2D eigenvalue weighted by Gasteiger charge is -2.40. The molecule has 0 unspecified atom stereocenters. The van der Waals surface area contributed by atoms with Gasteiger partial charge >= 0.3 is 11.9 Å². The second kappa shape index (κ2) is 19.5. The van der Waals surface area contributed by atoms with Crippen molar-refractivity contribution in [2.24, 2.45) is 17.8 Å². The molecule has 6 nitrogen and oxygen atoms in total. The Morgan fingerprint density at radius 3 is 2.09 bits per heavy atom. The monoisotopic (exact) mass is 712 g/mol. The molecule has 0 bridgehead atoms. The lowest BCUT2D eigenvalue weighted by atomic mass is 9.96. The molecule has 0 aromatic heterocycles. The van der Waals surface area contributed by atoms with Gasteiger partial charge in [0, 0.05) is 23.7 Å². The number of thioether (sulfide) groups is 1. The Balaban J connectivity index is 3.54. The van der Waals surface area contributed by atoms with E-state index in [9.17, 15) is 9.59 Å². The van der Waals surface area contributed by atoms with Gasteiger partial charge in [-0.05, 0) is 67.2 Å². The summed E-state index contributed by atoms with van der Waals surface area (Å²) in [5.74, 6) is 1.62. The van der Waals surface area contributed by atoms with Crippen molar-refractivity contribution in [2.45, 2.75) is 175 Å². The van der Waals surface area contributed by atoms with E-state index in [1.165, 1.54) is 26.4 Å². The second-order valence-electron chi connectivity index (χ2n) is 17.0. The predicted molar refractivity (Wildman–Crippen MR) is 206 cm³/mol. The Bertz CT molecular complexity index is 1040. The minimum absolute atomic E-state index is 0.0168. The second-order valence-corrected chi connectivity index (χ2v) is 27.7. The third-order valence-corrected chi connectivity index (χ3v) is 20.6. The van der Waals surface area contributed by atoms with E-state index < -0.39 is 16.6 Å². The largest absolute Gasteiger partial charge is 0.469 e. The quantitative estimate of drug-likeness (QED) is 0.0538. The van der Waals surface area contributed by atoms with Gasteiger partial charge in [0.15, 0.2) is 16.6 Å². The number of carbonyl (C=O) groups is 2. The Morgan fingerprint density at radius 1 is 0.936 bits per heavy atom. The van der Waals surface area contributed by atoms with E-state index in [2.05, 4.69) is 93.7 Å². The number of esters is 2. The van der Waals surface area contributed by atoms with Crippen LogP contribution in [0.4, 0.5) is 0 Å². The maximum Gasteiger partial charge on any atom is 0.313 e. The Kier molecular flexibility index (Phi) is 18.3. The highest BCUT2D eigenvalue weighted by Crippen LogP contribution is 2.47. The van der Waals surface area contributed by atoms with E-state index in [-0.39, 0.29) is 46.1 Å². The molecule has 47 heavy (non-hydrogen) atoms. The van der Waals surface area contributed by atoms with Gasteiger partial charge in [-0.25, -0.2) is 0 Å². The first kappa shape index (κ1) is 44.1. The fourth-order valence-electron chi connectivity index (χ4n) is 5.02. The fourth-order valence-corrected chi connectivity index (χ4v) is 8.92. The van der Waals surface area contributed by atoms with Crippen molar-refractivity contribution in [3.05, 3.63) is 22.8 Å². The molecule has 1 aliphatic carbocycles. The molecule has 0 fully saturated rings. The summed E-state index contributed by atoms with van der Waals surface area (Å²) in [4.78, 5) is 25.7. The van der Waals surface area contributed by atoms with Gasteiger partial charge in [0.1, 0.15) is 5.76 Å². The summed E-state index contributed by atoms with van der Waals surface area (Å²) in [6, 6.07) is 0. The van der Waals surface area contributed by atoms with Gasteiger partial charge in [-0.2, -0.15) is 0 Å². The van der Waals surface area contributed by atoms with Crippen molar-refractivity contribution in [2.75, 3.05) is 12.9 Å². The van der Waals surface area contributed by atoms with Crippen molar-refractivity contribution in [3.8, 4) is 0 Å². The zero-order chi connectivity index (χ0) is 36.2. The van der Waals surface area contributed by atoms with Crippen molar-refractivity contribution in [3.63, 3.8) is 0 Å². The van der Waals surface area contributed by atoms with Crippen molar-refractivity contribution >= 4 is 40.3 Å². The molecule has 0 heterocycles. The molecular weight excluding hydrogens is 641 g/mol. The summed E-state index contributed by atoms with van der Waals surface area (Å²) in [6.45, 7) is 31.4. The Labute approximate surface area is 296 Å². The summed E-state index contributed by atoms with van der Waals surface area (Å²) < 4.78 is 25.2. The minimum atomic E-state index is -2.13. The highest BCUT2D eigenvalue weighted by Gasteiger charge is 2.45. The van der Waals surface area contributed by atoms with Gasteiger partial charge in [0.05, 0.1) is 25.2 Å². The minimum Gasteiger partial charge on any atom is -0.469 e. The van der Waals surface area contributed by atoms with Gasteiger partial charge in [-0.1, -0.05) is 107 Å². The smallest absolute Gasteiger partial charge is 0.313 e. The zero-order valence-corrected chi connectivity index (χ0v) is 35.8. The van der Waals surface area contributed by atoms with Crippen LogP contribution in [0.5, 0.6) is 0 Å². The summed E-state index contributed by atoms with van der Waals surface area (Å²) in [7, 11) is -2.72. The lowest BCUT2D eigenvalue weighted by molar-refractivity contribution is -0.143. The molecule has 0 amide bonds. The van der Waals surface area contributed by atoms with Crippen LogP contribution >= 0.6 is 11.8 Å². The number of ether oxygens (including phenoxy) is 2. The fraction of sp³-hybridized carbons (Fsp3) is 0.842. The molecule has 9 heteroatoms. The molecule has 0 saturated heterocycles. The average Bonchev–Trinajstić information content (AvgIpc) is 3.24. The number of methoxy groups -OCH3 is 1. The SMILES string of the molecule is CCCC[C@@H](C)C[C@@H](/C=C/[C@@H]1C(SCCCCCC(=O)OC)=C(OC(=O)C(C)C)C[C@H]1O[Si](C)(C)C(C)(C)C)O[Si](C)(C)C(C)(C)C. The molecule has 0 radical (unpaired) electrons. The summed E-state index contributed by atoms with van der Waals surface area (Å²) in [5, 5.41) is 0.161. The van der Waals surface area contributed by atoms with Crippen LogP contribution in [0.3, 0.4) is 0 Å². The topological polar surface area (TPSA) is 71.1 Å². The first-order chi connectivity index (χ1) is 21.6. The maximum atomic E-state index is 13.0. The Hall–Kier alpha value is -0.876. The van der Waals surface area contributed by atoms with Crippen LogP contribution in [0.25, 0.3) is 0 Å². The molecule has 0 aromatic rings. The van der Waals surface area contributed by atoms with E-state index in [4.69, 9.17) is 18.3 Å². The first-order valence-electron chi connectivity index (χ1n) is 18.2. The van der Waals surface area contributed by atoms with Gasteiger partial charge in [-0.15, -0.1) is 11.8 Å². The van der Waals surface area contributed by atoms with E-state index in [1.54, 1.807) is 11.8 Å². The van der Waals surface area contributed by atoms with Crippen LogP contribution in [-0.4, -0.2) is 53.6 Å². The van der Waals surface area contributed by atoms with E-state index in [1.807, 2.05) is 13.8 Å². The van der Waals surface area contributed by atoms with Gasteiger partial charge in [0.2, 0.25) is 0 Å². The number of unbranched alkanes of at least 4 members (excludes halogenated alkanes) is 3. The molecule has 0 aliphatic heterocycles. The molecule has 1 rings (SSSR count). The van der Waals surface area contributed by atoms with Crippen molar-refractivity contribution in [1.29, 1.82) is 0 Å². The number of rotatable bonds is 20. The molecule has 0 spiro atoms. The molecule has 0 aromatic carbocycles. The lowest BCUT2D eigenvalue weighted by Crippen LogP contribution is -2.45. The molecule has 1 aliphatic rings. The third-order valence-electron chi connectivity index (χ3n) is 10.3. The van der Waals surface area contributed by atoms with Crippen LogP contribution in [-0.2, 0) is 27.9 Å². The summed E-state index contributed by atoms with van der Waals surface area (Å²) >= 11 is 1.79. The standard InChI is InChI=1S/C38H72O6SSi2/c1-16-17-21-29(4)26-30(43-46(12,13)37(5,6)7)23-24-31-32(44-47(14,15)38(8,9)10)27-33(42-36(40)28(2)3)35(31)45-25-20-18-19-22-34(39)41-11/h23-24,28-32H,16-22,25-27H2,1-15H3/b24-23+/t29-,30-,31+,32-/m1/s1. The first-order valence-corrected chi connectivity index (χ1v) is 25.0. The maximum absolute atomic E-state index is 13.0. The van der Waals surface area contributed by atoms with Gasteiger partial charge < -0.3 is 18.3 Å². The van der Waals surface area contributed by atoms with Crippen LogP contribution in [0.15, 0.2) is 22.8 Å². The van der Waals surface area contributed by atoms with Gasteiger partial charge in [-0.3, -0.25) is 9.59 Å². The van der Waals surface area contributed by atoms with E-state index in [0.717, 1.165) is 42.1 Å². The molecular formula is C38H72O6SSi2. The highest BCUT2D eigenvalue weighted by molar-refractivity contribution is 8.03. The molecule has 0 saturated carbocycles. The number of hydrogen-bond acceptors (Lipinski definition) is 7. The molecule has 274 valence electrons. The van der Waals surface area contributed by atoms with Crippen molar-refractivity contribution in [1.82, 2.24) is 0 Å². The average molecular weight is 713 g/mol. The number of carbonyl (C=O) groups excluding carboxylic acids is 2. The third kappa shape index (κ3) is 14.9. The van der Waals surface area contributed by atoms with E-state index >= 15 is 0 Å². The van der Waals surface area contributed by atoms with Crippen LogP contribution in [0.1, 0.15) is 127 Å². The normalized spacial score (nSPS) is 19.5. The van der Waals surface area contributed by atoms with Crippen LogP contribution in [0.2, 0.25) is 36.3 Å². The van der Waals surface area contributed by atoms with E-state index in [0.29, 0.717) is 18.8 Å². The van der Waals surface area contributed by atoms with Gasteiger partial charge in [0.25, 0.3) is 0 Å². The number of hydrogen-bond donors (Lipinski definition) is 0.